The molecule has 144 valence electrons. The first-order valence-electron chi connectivity index (χ1n) is 9.20. The van der Waals surface area contributed by atoms with Crippen molar-refractivity contribution in [2.24, 2.45) is 0 Å². The van der Waals surface area contributed by atoms with E-state index in [9.17, 15) is 9.18 Å². The lowest BCUT2D eigenvalue weighted by Gasteiger charge is -2.26. The van der Waals surface area contributed by atoms with Crippen molar-refractivity contribution in [3.63, 3.8) is 0 Å². The lowest BCUT2D eigenvalue weighted by molar-refractivity contribution is 0.0917. The molecule has 5 nitrogen and oxygen atoms in total. The largest absolute Gasteiger partial charge is 0.483 e. The number of rotatable bonds is 6. The van der Waals surface area contributed by atoms with Gasteiger partial charge in [-0.25, -0.2) is 9.18 Å². The molecule has 1 fully saturated rings. The highest BCUT2D eigenvalue weighted by Gasteiger charge is 2.21. The molecule has 2 atom stereocenters. The fourth-order valence-electron chi connectivity index (χ4n) is 2.96. The van der Waals surface area contributed by atoms with Gasteiger partial charge >= 0.3 is 6.09 Å². The van der Waals surface area contributed by atoms with Crippen molar-refractivity contribution in [1.82, 2.24) is 10.2 Å². The molecule has 2 aromatic carbocycles. The summed E-state index contributed by atoms with van der Waals surface area (Å²) < 4.78 is 25.2. The highest BCUT2D eigenvalue weighted by atomic mass is 19.1. The van der Waals surface area contributed by atoms with E-state index in [1.807, 2.05) is 42.5 Å². The Kier molecular flexibility index (Phi) is 6.65. The molecule has 2 aromatic rings. The van der Waals surface area contributed by atoms with Crippen LogP contribution >= 0.6 is 0 Å². The number of amides is 1. The van der Waals surface area contributed by atoms with E-state index in [2.05, 4.69) is 5.32 Å². The Bertz CT molecular complexity index is 716. The second kappa shape index (κ2) is 9.37. The maximum absolute atomic E-state index is 14.0. The van der Waals surface area contributed by atoms with Gasteiger partial charge in [0.25, 0.3) is 0 Å². The summed E-state index contributed by atoms with van der Waals surface area (Å²) in [5.74, 6) is 0.575. The van der Waals surface area contributed by atoms with Crippen molar-refractivity contribution < 1.29 is 18.7 Å². The Morgan fingerprint density at radius 1 is 1.11 bits per heavy atom. The normalized spacial score (nSPS) is 16.4. The van der Waals surface area contributed by atoms with Crippen LogP contribution in [0.5, 0.6) is 5.75 Å². The Morgan fingerprint density at radius 3 is 2.41 bits per heavy atom. The molecule has 1 saturated heterocycles. The van der Waals surface area contributed by atoms with E-state index in [0.717, 1.165) is 24.2 Å². The fraction of sp³-hybridized carbons (Fsp3) is 0.381. The third kappa shape index (κ3) is 5.44. The van der Waals surface area contributed by atoms with Crippen molar-refractivity contribution in [3.05, 3.63) is 65.7 Å². The van der Waals surface area contributed by atoms with Crippen molar-refractivity contribution >= 4 is 6.09 Å². The van der Waals surface area contributed by atoms with E-state index >= 15 is 0 Å². The van der Waals surface area contributed by atoms with Gasteiger partial charge in [0.1, 0.15) is 18.5 Å². The van der Waals surface area contributed by atoms with Crippen LogP contribution in [0.15, 0.2) is 54.6 Å². The molecule has 0 bridgehead atoms. The zero-order valence-electron chi connectivity index (χ0n) is 15.4. The second-order valence-electron chi connectivity index (χ2n) is 6.56. The number of nitrogens with zero attached hydrogens (tertiary/aromatic N) is 1. The summed E-state index contributed by atoms with van der Waals surface area (Å²) in [6, 6.07) is 16.5. The molecule has 27 heavy (non-hydrogen) atoms. The zero-order valence-corrected chi connectivity index (χ0v) is 15.4. The number of carbonyl (C=O) groups excluding carboxylic acids is 1. The van der Waals surface area contributed by atoms with Gasteiger partial charge in [0, 0.05) is 26.2 Å². The van der Waals surface area contributed by atoms with Crippen LogP contribution in [0, 0.1) is 0 Å². The number of piperazine rings is 1. The first-order chi connectivity index (χ1) is 13.1. The summed E-state index contributed by atoms with van der Waals surface area (Å²) in [6.07, 6.45) is -2.11. The highest BCUT2D eigenvalue weighted by molar-refractivity contribution is 5.67. The SMILES string of the molecule is CC(F)C(Oc1ccc(COC(=O)N2CCNCC2)cc1)c1ccccc1. The lowest BCUT2D eigenvalue weighted by Crippen LogP contribution is -2.46. The monoisotopic (exact) mass is 372 g/mol. The Balaban J connectivity index is 1.55. The van der Waals surface area contributed by atoms with Gasteiger partial charge in [-0.05, 0) is 30.2 Å². The number of hydrogen-bond donors (Lipinski definition) is 1. The number of hydrogen-bond acceptors (Lipinski definition) is 4. The van der Waals surface area contributed by atoms with E-state index < -0.39 is 12.3 Å². The summed E-state index contributed by atoms with van der Waals surface area (Å²) in [7, 11) is 0. The summed E-state index contributed by atoms with van der Waals surface area (Å²) in [4.78, 5) is 13.7. The first kappa shape index (κ1) is 19.2. The minimum absolute atomic E-state index is 0.199. The van der Waals surface area contributed by atoms with E-state index in [1.54, 1.807) is 17.0 Å². The number of benzene rings is 2. The number of alkyl halides is 1. The minimum atomic E-state index is -1.15. The van der Waals surface area contributed by atoms with Crippen LogP contribution in [-0.2, 0) is 11.3 Å². The van der Waals surface area contributed by atoms with Crippen LogP contribution in [0.3, 0.4) is 0 Å². The Labute approximate surface area is 159 Å². The third-order valence-electron chi connectivity index (χ3n) is 4.47. The standard InChI is InChI=1S/C21H25FN2O3/c1-16(22)20(18-5-3-2-4-6-18)27-19-9-7-17(8-10-19)15-26-21(25)24-13-11-23-12-14-24/h2-10,16,20,23H,11-15H2,1H3. The first-order valence-corrected chi connectivity index (χ1v) is 9.20. The summed E-state index contributed by atoms with van der Waals surface area (Å²) in [6.45, 7) is 4.58. The molecule has 0 aromatic heterocycles. The number of halogens is 1. The van der Waals surface area contributed by atoms with Gasteiger partial charge in [0.2, 0.25) is 0 Å². The van der Waals surface area contributed by atoms with Gasteiger partial charge in [-0.2, -0.15) is 0 Å². The van der Waals surface area contributed by atoms with Crippen molar-refractivity contribution in [3.8, 4) is 5.75 Å². The number of carbonyl (C=O) groups is 1. The smallest absolute Gasteiger partial charge is 0.410 e. The molecule has 1 heterocycles. The zero-order chi connectivity index (χ0) is 19.1. The Morgan fingerprint density at radius 2 is 1.78 bits per heavy atom. The molecule has 0 radical (unpaired) electrons. The lowest BCUT2D eigenvalue weighted by atomic mass is 10.1. The average Bonchev–Trinajstić information content (AvgIpc) is 2.72. The van der Waals surface area contributed by atoms with Gasteiger partial charge in [0.05, 0.1) is 0 Å². The molecule has 0 saturated carbocycles. The highest BCUT2D eigenvalue weighted by Crippen LogP contribution is 2.26. The molecule has 0 aliphatic carbocycles. The molecule has 1 N–H and O–H groups in total. The third-order valence-corrected chi connectivity index (χ3v) is 4.47. The minimum Gasteiger partial charge on any atom is -0.483 e. The molecular formula is C21H25FN2O3. The van der Waals surface area contributed by atoms with Crippen LogP contribution in [0.4, 0.5) is 9.18 Å². The number of ether oxygens (including phenoxy) is 2. The van der Waals surface area contributed by atoms with Gasteiger partial charge in [0.15, 0.2) is 6.10 Å². The van der Waals surface area contributed by atoms with Gasteiger partial charge in [-0.3, -0.25) is 0 Å². The predicted molar refractivity (Wildman–Crippen MR) is 101 cm³/mol. The van der Waals surface area contributed by atoms with Crippen LogP contribution in [-0.4, -0.2) is 43.3 Å². The molecule has 2 unspecified atom stereocenters. The summed E-state index contributed by atoms with van der Waals surface area (Å²) in [5.41, 5.74) is 1.65. The molecule has 6 heteroatoms. The molecule has 1 aliphatic heterocycles. The van der Waals surface area contributed by atoms with E-state index in [-0.39, 0.29) is 12.7 Å². The second-order valence-corrected chi connectivity index (χ2v) is 6.56. The number of nitrogens with one attached hydrogen (secondary N) is 1. The van der Waals surface area contributed by atoms with E-state index in [4.69, 9.17) is 9.47 Å². The van der Waals surface area contributed by atoms with Gasteiger partial charge in [-0.15, -0.1) is 0 Å². The predicted octanol–water partition coefficient (Wildman–Crippen LogP) is 3.71. The maximum atomic E-state index is 14.0. The summed E-state index contributed by atoms with van der Waals surface area (Å²) >= 11 is 0. The topological polar surface area (TPSA) is 50.8 Å². The summed E-state index contributed by atoms with van der Waals surface area (Å²) in [5, 5.41) is 3.19. The van der Waals surface area contributed by atoms with Crippen molar-refractivity contribution in [1.29, 1.82) is 0 Å². The molecule has 3 rings (SSSR count). The Hall–Kier alpha value is -2.60. The molecular weight excluding hydrogens is 347 g/mol. The van der Waals surface area contributed by atoms with E-state index in [0.29, 0.717) is 18.8 Å². The fourth-order valence-corrected chi connectivity index (χ4v) is 2.96. The van der Waals surface area contributed by atoms with Crippen LogP contribution < -0.4 is 10.1 Å². The van der Waals surface area contributed by atoms with E-state index in [1.165, 1.54) is 6.92 Å². The maximum Gasteiger partial charge on any atom is 0.410 e. The van der Waals surface area contributed by atoms with Crippen LogP contribution in [0.1, 0.15) is 24.2 Å². The van der Waals surface area contributed by atoms with Crippen molar-refractivity contribution in [2.75, 3.05) is 26.2 Å². The molecule has 1 aliphatic rings. The van der Waals surface area contributed by atoms with Gasteiger partial charge in [-0.1, -0.05) is 42.5 Å². The van der Waals surface area contributed by atoms with Crippen LogP contribution in [0.2, 0.25) is 0 Å². The van der Waals surface area contributed by atoms with Gasteiger partial charge < -0.3 is 19.7 Å². The average molecular weight is 372 g/mol. The van der Waals surface area contributed by atoms with Crippen molar-refractivity contribution in [2.45, 2.75) is 25.8 Å². The molecule has 1 amide bonds. The quantitative estimate of drug-likeness (QED) is 0.840. The molecule has 0 spiro atoms. The van der Waals surface area contributed by atoms with Crippen LogP contribution in [0.25, 0.3) is 0 Å².